The molecule has 0 atom stereocenters. The molecule has 0 aliphatic heterocycles. The average molecular weight is 271 g/mol. The SMILES string of the molecule is CCN(Cc1ccnc(C(N)=S)c1)c1ccccc1. The first-order valence-corrected chi connectivity index (χ1v) is 6.66. The topological polar surface area (TPSA) is 42.2 Å². The van der Waals surface area contributed by atoms with Gasteiger partial charge in [-0.3, -0.25) is 4.98 Å². The summed E-state index contributed by atoms with van der Waals surface area (Å²) in [6, 6.07) is 14.3. The van der Waals surface area contributed by atoms with Crippen LogP contribution in [0.1, 0.15) is 18.2 Å². The molecule has 1 heterocycles. The molecule has 0 radical (unpaired) electrons. The fourth-order valence-corrected chi connectivity index (χ4v) is 2.06. The molecule has 19 heavy (non-hydrogen) atoms. The van der Waals surface area contributed by atoms with Crippen molar-refractivity contribution in [3.05, 3.63) is 59.9 Å². The van der Waals surface area contributed by atoms with Gasteiger partial charge >= 0.3 is 0 Å². The molecular weight excluding hydrogens is 254 g/mol. The maximum absolute atomic E-state index is 5.61. The molecule has 0 fully saturated rings. The molecule has 1 aromatic carbocycles. The van der Waals surface area contributed by atoms with E-state index >= 15 is 0 Å². The number of nitrogens with two attached hydrogens (primary N) is 1. The Morgan fingerprint density at radius 1 is 1.26 bits per heavy atom. The minimum Gasteiger partial charge on any atom is -0.388 e. The fraction of sp³-hybridized carbons (Fsp3) is 0.200. The Kier molecular flexibility index (Phi) is 4.47. The van der Waals surface area contributed by atoms with Gasteiger partial charge in [0, 0.05) is 25.0 Å². The van der Waals surface area contributed by atoms with E-state index in [0.29, 0.717) is 10.7 Å². The minimum absolute atomic E-state index is 0.338. The average Bonchev–Trinajstić information content (AvgIpc) is 2.46. The van der Waals surface area contributed by atoms with Gasteiger partial charge in [-0.1, -0.05) is 30.4 Å². The van der Waals surface area contributed by atoms with E-state index in [0.717, 1.165) is 18.7 Å². The van der Waals surface area contributed by atoms with Gasteiger partial charge in [-0.05, 0) is 36.8 Å². The molecule has 0 aliphatic rings. The molecule has 0 saturated heterocycles. The summed E-state index contributed by atoms with van der Waals surface area (Å²) in [5, 5.41) is 0. The second kappa shape index (κ2) is 6.29. The Labute approximate surface area is 119 Å². The van der Waals surface area contributed by atoms with E-state index in [1.807, 2.05) is 30.3 Å². The normalized spacial score (nSPS) is 10.2. The zero-order valence-corrected chi connectivity index (χ0v) is 11.7. The number of hydrogen-bond acceptors (Lipinski definition) is 3. The van der Waals surface area contributed by atoms with Gasteiger partial charge in [0.05, 0.1) is 5.69 Å². The van der Waals surface area contributed by atoms with Gasteiger partial charge in [0.25, 0.3) is 0 Å². The summed E-state index contributed by atoms with van der Waals surface area (Å²) < 4.78 is 0. The van der Waals surface area contributed by atoms with Gasteiger partial charge in [0.15, 0.2) is 0 Å². The molecule has 0 spiro atoms. The van der Waals surface area contributed by atoms with Gasteiger partial charge < -0.3 is 10.6 Å². The zero-order chi connectivity index (χ0) is 13.7. The molecule has 2 aromatic rings. The van der Waals surface area contributed by atoms with Gasteiger partial charge in [-0.2, -0.15) is 0 Å². The highest BCUT2D eigenvalue weighted by molar-refractivity contribution is 7.80. The first kappa shape index (κ1) is 13.5. The third-order valence-corrected chi connectivity index (χ3v) is 3.16. The molecule has 98 valence electrons. The minimum atomic E-state index is 0.338. The molecule has 4 heteroatoms. The highest BCUT2D eigenvalue weighted by Crippen LogP contribution is 2.16. The lowest BCUT2D eigenvalue weighted by Crippen LogP contribution is -2.22. The van der Waals surface area contributed by atoms with Crippen LogP contribution in [0.15, 0.2) is 48.7 Å². The van der Waals surface area contributed by atoms with Crippen molar-refractivity contribution in [2.75, 3.05) is 11.4 Å². The van der Waals surface area contributed by atoms with Crippen LogP contribution in [0.5, 0.6) is 0 Å². The monoisotopic (exact) mass is 271 g/mol. The summed E-state index contributed by atoms with van der Waals surface area (Å²) >= 11 is 4.96. The third kappa shape index (κ3) is 3.51. The standard InChI is InChI=1S/C15H17N3S/c1-2-18(13-6-4-3-5-7-13)11-12-8-9-17-14(10-12)15(16)19/h3-10H,2,11H2,1H3,(H2,16,19). The van der Waals surface area contributed by atoms with Gasteiger partial charge in [-0.25, -0.2) is 0 Å². The van der Waals surface area contributed by atoms with Crippen LogP contribution in [0.3, 0.4) is 0 Å². The highest BCUT2D eigenvalue weighted by atomic mass is 32.1. The van der Waals surface area contributed by atoms with E-state index in [9.17, 15) is 0 Å². The summed E-state index contributed by atoms with van der Waals surface area (Å²) in [6.07, 6.45) is 1.75. The van der Waals surface area contributed by atoms with Crippen LogP contribution in [-0.4, -0.2) is 16.5 Å². The molecule has 2 N–H and O–H groups in total. The van der Waals surface area contributed by atoms with Crippen molar-refractivity contribution in [3.8, 4) is 0 Å². The Morgan fingerprint density at radius 3 is 2.63 bits per heavy atom. The van der Waals surface area contributed by atoms with Crippen LogP contribution in [0.4, 0.5) is 5.69 Å². The summed E-state index contributed by atoms with van der Waals surface area (Å²) in [7, 11) is 0. The fourth-order valence-electron chi connectivity index (χ4n) is 1.95. The van der Waals surface area contributed by atoms with Gasteiger partial charge in [-0.15, -0.1) is 0 Å². The van der Waals surface area contributed by atoms with Crippen molar-refractivity contribution in [1.29, 1.82) is 0 Å². The predicted molar refractivity (Wildman–Crippen MR) is 83.3 cm³/mol. The number of para-hydroxylation sites is 1. The van der Waals surface area contributed by atoms with Crippen molar-refractivity contribution in [1.82, 2.24) is 4.98 Å². The maximum atomic E-state index is 5.61. The van der Waals surface area contributed by atoms with Crippen molar-refractivity contribution < 1.29 is 0 Å². The Bertz CT molecular complexity index is 554. The lowest BCUT2D eigenvalue weighted by molar-refractivity contribution is 0.830. The molecule has 3 nitrogen and oxygen atoms in total. The van der Waals surface area contributed by atoms with E-state index in [1.165, 1.54) is 5.69 Å². The summed E-state index contributed by atoms with van der Waals surface area (Å²) in [4.78, 5) is 6.79. The molecule has 0 bridgehead atoms. The maximum Gasteiger partial charge on any atom is 0.122 e. The number of aromatic nitrogens is 1. The first-order valence-electron chi connectivity index (χ1n) is 6.25. The molecule has 0 unspecified atom stereocenters. The second-order valence-electron chi connectivity index (χ2n) is 4.26. The largest absolute Gasteiger partial charge is 0.388 e. The zero-order valence-electron chi connectivity index (χ0n) is 10.9. The Balaban J connectivity index is 2.19. The predicted octanol–water partition coefficient (Wildman–Crippen LogP) is 2.74. The number of hydrogen-bond donors (Lipinski definition) is 1. The van der Waals surface area contributed by atoms with Crippen molar-refractivity contribution in [2.24, 2.45) is 5.73 Å². The number of anilines is 1. The van der Waals surface area contributed by atoms with Crippen molar-refractivity contribution in [2.45, 2.75) is 13.5 Å². The molecular formula is C15H17N3S. The summed E-state index contributed by atoms with van der Waals surface area (Å²) in [5.74, 6) is 0. The molecule has 0 amide bonds. The summed E-state index contributed by atoms with van der Waals surface area (Å²) in [6.45, 7) is 3.90. The lowest BCUT2D eigenvalue weighted by atomic mass is 10.2. The van der Waals surface area contributed by atoms with Gasteiger partial charge in [0.2, 0.25) is 0 Å². The third-order valence-electron chi connectivity index (χ3n) is 2.95. The van der Waals surface area contributed by atoms with Gasteiger partial charge in [0.1, 0.15) is 4.99 Å². The Morgan fingerprint density at radius 2 is 2.00 bits per heavy atom. The molecule has 0 saturated carbocycles. The van der Waals surface area contributed by atoms with E-state index in [1.54, 1.807) is 6.20 Å². The Hall–Kier alpha value is -1.94. The molecule has 1 aromatic heterocycles. The number of benzene rings is 1. The van der Waals surface area contributed by atoms with Crippen LogP contribution in [0, 0.1) is 0 Å². The van der Waals surface area contributed by atoms with Crippen molar-refractivity contribution in [3.63, 3.8) is 0 Å². The second-order valence-corrected chi connectivity index (χ2v) is 4.70. The first-order chi connectivity index (χ1) is 9.20. The highest BCUT2D eigenvalue weighted by Gasteiger charge is 2.06. The van der Waals surface area contributed by atoms with Crippen LogP contribution in [0.2, 0.25) is 0 Å². The van der Waals surface area contributed by atoms with Crippen LogP contribution in [0.25, 0.3) is 0 Å². The van der Waals surface area contributed by atoms with Crippen LogP contribution < -0.4 is 10.6 Å². The lowest BCUT2D eigenvalue weighted by Gasteiger charge is -2.23. The smallest absolute Gasteiger partial charge is 0.122 e. The van der Waals surface area contributed by atoms with Crippen LogP contribution in [-0.2, 0) is 6.54 Å². The van der Waals surface area contributed by atoms with E-state index in [2.05, 4.69) is 28.9 Å². The molecule has 0 aliphatic carbocycles. The van der Waals surface area contributed by atoms with E-state index in [4.69, 9.17) is 18.0 Å². The number of rotatable bonds is 5. The molecule has 2 rings (SSSR count). The van der Waals surface area contributed by atoms with Crippen LogP contribution >= 0.6 is 12.2 Å². The quantitative estimate of drug-likeness (QED) is 0.849. The number of thiocarbonyl (C=S) groups is 1. The van der Waals surface area contributed by atoms with E-state index < -0.39 is 0 Å². The number of nitrogens with zero attached hydrogens (tertiary/aromatic N) is 2. The van der Waals surface area contributed by atoms with Crippen molar-refractivity contribution >= 4 is 22.9 Å². The van der Waals surface area contributed by atoms with E-state index in [-0.39, 0.29) is 0 Å². The summed E-state index contributed by atoms with van der Waals surface area (Å²) in [5.41, 5.74) is 8.65. The number of pyridine rings is 1.